The number of nitrogen functional groups attached to an aromatic ring is 1. The molecular weight excluding hydrogens is 226 g/mol. The van der Waals surface area contributed by atoms with Crippen molar-refractivity contribution >= 4 is 11.6 Å². The molecular formula is C12H14F2N2O. The number of nitrogens with two attached hydrogens (primary N) is 1. The molecule has 1 aromatic rings. The van der Waals surface area contributed by atoms with Crippen LogP contribution in [0.15, 0.2) is 12.1 Å². The molecule has 17 heavy (non-hydrogen) atoms. The van der Waals surface area contributed by atoms with Crippen LogP contribution in [0.3, 0.4) is 0 Å². The normalized spacial score (nSPS) is 17.4. The maximum Gasteiger partial charge on any atom is 0.254 e. The molecule has 1 aliphatic rings. The Morgan fingerprint density at radius 1 is 1.35 bits per heavy atom. The van der Waals surface area contributed by atoms with Crippen molar-refractivity contribution in [3.8, 4) is 0 Å². The van der Waals surface area contributed by atoms with Gasteiger partial charge < -0.3 is 11.1 Å². The molecule has 0 atom stereocenters. The Labute approximate surface area is 98.0 Å². The maximum atomic E-state index is 13.4. The third kappa shape index (κ3) is 2.23. The molecule has 3 nitrogen and oxygen atoms in total. The van der Waals surface area contributed by atoms with Gasteiger partial charge in [0.15, 0.2) is 0 Å². The van der Waals surface area contributed by atoms with E-state index in [2.05, 4.69) is 5.32 Å². The van der Waals surface area contributed by atoms with Gasteiger partial charge in [-0.1, -0.05) is 0 Å². The van der Waals surface area contributed by atoms with E-state index in [1.54, 1.807) is 0 Å². The number of amides is 1. The summed E-state index contributed by atoms with van der Waals surface area (Å²) in [5.74, 6) is -2.29. The minimum Gasteiger partial charge on any atom is -0.396 e. The molecule has 0 aliphatic heterocycles. The SMILES string of the molecule is CC1(NC(=O)c2cc(N)c(F)cc2F)CCC1. The highest BCUT2D eigenvalue weighted by Gasteiger charge is 2.34. The molecule has 0 spiro atoms. The largest absolute Gasteiger partial charge is 0.396 e. The van der Waals surface area contributed by atoms with Crippen LogP contribution in [-0.4, -0.2) is 11.4 Å². The lowest BCUT2D eigenvalue weighted by atomic mass is 9.78. The van der Waals surface area contributed by atoms with Gasteiger partial charge >= 0.3 is 0 Å². The van der Waals surface area contributed by atoms with Crippen molar-refractivity contribution in [2.45, 2.75) is 31.7 Å². The van der Waals surface area contributed by atoms with E-state index in [1.807, 2.05) is 6.92 Å². The zero-order valence-corrected chi connectivity index (χ0v) is 9.52. The van der Waals surface area contributed by atoms with Gasteiger partial charge in [-0.25, -0.2) is 8.78 Å². The highest BCUT2D eigenvalue weighted by molar-refractivity contribution is 5.95. The molecule has 0 radical (unpaired) electrons. The summed E-state index contributed by atoms with van der Waals surface area (Å²) in [6, 6.07) is 1.66. The van der Waals surface area contributed by atoms with Crippen LogP contribution in [0.1, 0.15) is 36.5 Å². The number of hydrogen-bond acceptors (Lipinski definition) is 2. The first-order valence-electron chi connectivity index (χ1n) is 5.48. The van der Waals surface area contributed by atoms with Gasteiger partial charge in [-0.2, -0.15) is 0 Å². The second-order valence-corrected chi connectivity index (χ2v) is 4.72. The highest BCUT2D eigenvalue weighted by Crippen LogP contribution is 2.31. The van der Waals surface area contributed by atoms with Crippen molar-refractivity contribution in [1.29, 1.82) is 0 Å². The van der Waals surface area contributed by atoms with E-state index in [4.69, 9.17) is 5.73 Å². The van der Waals surface area contributed by atoms with Gasteiger partial charge in [0, 0.05) is 11.6 Å². The van der Waals surface area contributed by atoms with E-state index in [9.17, 15) is 13.6 Å². The summed E-state index contributed by atoms with van der Waals surface area (Å²) >= 11 is 0. The van der Waals surface area contributed by atoms with Crippen LogP contribution in [0.25, 0.3) is 0 Å². The third-order valence-corrected chi connectivity index (χ3v) is 3.20. The number of nitrogens with one attached hydrogen (secondary N) is 1. The average Bonchev–Trinajstić information content (AvgIpc) is 2.21. The lowest BCUT2D eigenvalue weighted by molar-refractivity contribution is 0.0846. The molecule has 0 aromatic heterocycles. The van der Waals surface area contributed by atoms with E-state index in [1.165, 1.54) is 0 Å². The zero-order valence-electron chi connectivity index (χ0n) is 9.52. The monoisotopic (exact) mass is 240 g/mol. The summed E-state index contributed by atoms with van der Waals surface area (Å²) < 4.78 is 26.4. The van der Waals surface area contributed by atoms with Crippen molar-refractivity contribution in [2.75, 3.05) is 5.73 Å². The Kier molecular flexibility index (Phi) is 2.77. The van der Waals surface area contributed by atoms with Crippen molar-refractivity contribution in [3.05, 3.63) is 29.3 Å². The summed E-state index contributed by atoms with van der Waals surface area (Å²) in [7, 11) is 0. The summed E-state index contributed by atoms with van der Waals surface area (Å²) in [5, 5.41) is 2.74. The summed E-state index contributed by atoms with van der Waals surface area (Å²) in [4.78, 5) is 11.8. The highest BCUT2D eigenvalue weighted by atomic mass is 19.1. The predicted molar refractivity (Wildman–Crippen MR) is 60.5 cm³/mol. The number of anilines is 1. The molecule has 92 valence electrons. The number of carbonyl (C=O) groups excluding carboxylic acids is 1. The Bertz CT molecular complexity index is 470. The van der Waals surface area contributed by atoms with Gasteiger partial charge in [-0.05, 0) is 32.3 Å². The summed E-state index contributed by atoms with van der Waals surface area (Å²) in [6.07, 6.45) is 2.79. The first kappa shape index (κ1) is 11.8. The van der Waals surface area contributed by atoms with E-state index in [0.717, 1.165) is 25.3 Å². The first-order valence-corrected chi connectivity index (χ1v) is 5.48. The molecule has 0 bridgehead atoms. The Balaban J connectivity index is 2.22. The zero-order chi connectivity index (χ0) is 12.6. The van der Waals surface area contributed by atoms with Crippen LogP contribution in [0, 0.1) is 11.6 Å². The molecule has 2 rings (SSSR count). The maximum absolute atomic E-state index is 13.4. The summed E-state index contributed by atoms with van der Waals surface area (Å²) in [6.45, 7) is 1.90. The van der Waals surface area contributed by atoms with Crippen LogP contribution in [0.5, 0.6) is 0 Å². The fourth-order valence-corrected chi connectivity index (χ4v) is 1.91. The van der Waals surface area contributed by atoms with Gasteiger partial charge in [-0.15, -0.1) is 0 Å². The Morgan fingerprint density at radius 2 is 2.00 bits per heavy atom. The number of rotatable bonds is 2. The molecule has 1 aliphatic carbocycles. The van der Waals surface area contributed by atoms with Crippen LogP contribution in [0.2, 0.25) is 0 Å². The lowest BCUT2D eigenvalue weighted by Gasteiger charge is -2.39. The van der Waals surface area contributed by atoms with Crippen LogP contribution >= 0.6 is 0 Å². The van der Waals surface area contributed by atoms with Gasteiger partial charge in [-0.3, -0.25) is 4.79 Å². The van der Waals surface area contributed by atoms with Gasteiger partial charge in [0.2, 0.25) is 0 Å². The molecule has 0 unspecified atom stereocenters. The Morgan fingerprint density at radius 3 is 2.53 bits per heavy atom. The fourth-order valence-electron chi connectivity index (χ4n) is 1.91. The van der Waals surface area contributed by atoms with Gasteiger partial charge in [0.1, 0.15) is 11.6 Å². The topological polar surface area (TPSA) is 55.1 Å². The molecule has 1 aromatic carbocycles. The van der Waals surface area contributed by atoms with Crippen molar-refractivity contribution < 1.29 is 13.6 Å². The van der Waals surface area contributed by atoms with Crippen LogP contribution in [-0.2, 0) is 0 Å². The smallest absolute Gasteiger partial charge is 0.254 e. The molecule has 0 heterocycles. The van der Waals surface area contributed by atoms with Gasteiger partial charge in [0.05, 0.1) is 11.3 Å². The number of hydrogen-bond donors (Lipinski definition) is 2. The standard InChI is InChI=1S/C12H14F2N2O/c1-12(3-2-4-12)16-11(17)7-5-10(15)9(14)6-8(7)13/h5-6H,2-4,15H2,1H3,(H,16,17). The first-order chi connectivity index (χ1) is 7.91. The number of benzene rings is 1. The second-order valence-electron chi connectivity index (χ2n) is 4.72. The van der Waals surface area contributed by atoms with Crippen molar-refractivity contribution in [1.82, 2.24) is 5.32 Å². The van der Waals surface area contributed by atoms with E-state index < -0.39 is 17.5 Å². The quantitative estimate of drug-likeness (QED) is 0.779. The molecule has 3 N–H and O–H groups in total. The predicted octanol–water partition coefficient (Wildman–Crippen LogP) is 2.22. The molecule has 5 heteroatoms. The molecule has 1 saturated carbocycles. The van der Waals surface area contributed by atoms with Crippen LogP contribution in [0.4, 0.5) is 14.5 Å². The minimum atomic E-state index is -0.892. The molecule has 1 fully saturated rings. The second kappa shape index (κ2) is 3.98. The number of halogens is 2. The van der Waals surface area contributed by atoms with Crippen molar-refractivity contribution in [2.24, 2.45) is 0 Å². The summed E-state index contributed by atoms with van der Waals surface area (Å²) in [5.41, 5.74) is 4.61. The average molecular weight is 240 g/mol. The fraction of sp³-hybridized carbons (Fsp3) is 0.417. The van der Waals surface area contributed by atoms with E-state index in [0.29, 0.717) is 6.07 Å². The molecule has 1 amide bonds. The van der Waals surface area contributed by atoms with Crippen LogP contribution < -0.4 is 11.1 Å². The minimum absolute atomic E-state index is 0.211. The van der Waals surface area contributed by atoms with E-state index >= 15 is 0 Å². The lowest BCUT2D eigenvalue weighted by Crippen LogP contribution is -2.51. The van der Waals surface area contributed by atoms with Gasteiger partial charge in [0.25, 0.3) is 5.91 Å². The van der Waals surface area contributed by atoms with Crippen molar-refractivity contribution in [3.63, 3.8) is 0 Å². The van der Waals surface area contributed by atoms with E-state index in [-0.39, 0.29) is 16.8 Å². The molecule has 0 saturated heterocycles. The Hall–Kier alpha value is -1.65. The third-order valence-electron chi connectivity index (χ3n) is 3.20. The number of carbonyl (C=O) groups is 1.